The molecule has 0 amide bonds. The molecule has 0 aliphatic carbocycles. The molecule has 5 heteroatoms. The molecule has 4 nitrogen and oxygen atoms in total. The van der Waals surface area contributed by atoms with Gasteiger partial charge in [-0.25, -0.2) is 9.18 Å². The molecular formula is C14H9FN2O2. The van der Waals surface area contributed by atoms with Gasteiger partial charge in [-0.15, -0.1) is 0 Å². The summed E-state index contributed by atoms with van der Waals surface area (Å²) in [7, 11) is 0. The molecule has 0 aromatic heterocycles. The van der Waals surface area contributed by atoms with E-state index in [0.717, 1.165) is 6.07 Å². The van der Waals surface area contributed by atoms with Gasteiger partial charge in [0, 0.05) is 11.8 Å². The topological polar surface area (TPSA) is 76.1 Å². The average molecular weight is 256 g/mol. The number of esters is 1. The number of carbonyl (C=O) groups is 1. The molecular weight excluding hydrogens is 247 g/mol. The number of hydrogen-bond acceptors (Lipinski definition) is 4. The van der Waals surface area contributed by atoms with Crippen molar-refractivity contribution >= 4 is 11.7 Å². The fourth-order valence-electron chi connectivity index (χ4n) is 1.44. The lowest BCUT2D eigenvalue weighted by Crippen LogP contribution is -2.08. The van der Waals surface area contributed by atoms with Crippen LogP contribution in [0, 0.1) is 17.1 Å². The molecule has 0 bridgehead atoms. The number of nitrogens with zero attached hydrogens (tertiary/aromatic N) is 1. The summed E-state index contributed by atoms with van der Waals surface area (Å²) in [5, 5.41) is 8.59. The molecule has 0 atom stereocenters. The van der Waals surface area contributed by atoms with Gasteiger partial charge in [0.05, 0.1) is 11.1 Å². The van der Waals surface area contributed by atoms with Gasteiger partial charge in [-0.05, 0) is 36.4 Å². The van der Waals surface area contributed by atoms with Crippen LogP contribution in [-0.2, 0) is 0 Å². The summed E-state index contributed by atoms with van der Waals surface area (Å²) in [6, 6.07) is 11.4. The molecule has 0 spiro atoms. The second kappa shape index (κ2) is 5.19. The van der Waals surface area contributed by atoms with E-state index in [1.165, 1.54) is 24.3 Å². The first-order chi connectivity index (χ1) is 9.10. The van der Waals surface area contributed by atoms with Crippen molar-refractivity contribution < 1.29 is 13.9 Å². The zero-order valence-electron chi connectivity index (χ0n) is 9.76. The van der Waals surface area contributed by atoms with E-state index in [-0.39, 0.29) is 11.3 Å². The summed E-state index contributed by atoms with van der Waals surface area (Å²) >= 11 is 0. The van der Waals surface area contributed by atoms with Gasteiger partial charge in [-0.3, -0.25) is 0 Å². The smallest absolute Gasteiger partial charge is 0.343 e. The van der Waals surface area contributed by atoms with Crippen molar-refractivity contribution in [2.75, 3.05) is 5.73 Å². The summed E-state index contributed by atoms with van der Waals surface area (Å²) in [5.41, 5.74) is 6.23. The molecule has 0 unspecified atom stereocenters. The van der Waals surface area contributed by atoms with Gasteiger partial charge in [0.25, 0.3) is 0 Å². The van der Waals surface area contributed by atoms with Crippen LogP contribution >= 0.6 is 0 Å². The lowest BCUT2D eigenvalue weighted by molar-refractivity contribution is 0.0734. The Kier molecular flexibility index (Phi) is 3.44. The summed E-state index contributed by atoms with van der Waals surface area (Å²) in [6.07, 6.45) is 0. The van der Waals surface area contributed by atoms with Crippen molar-refractivity contribution in [1.29, 1.82) is 5.26 Å². The third-order valence-corrected chi connectivity index (χ3v) is 2.42. The van der Waals surface area contributed by atoms with Crippen molar-refractivity contribution in [3.05, 3.63) is 59.4 Å². The van der Waals surface area contributed by atoms with E-state index in [1.54, 1.807) is 18.2 Å². The van der Waals surface area contributed by atoms with E-state index < -0.39 is 11.8 Å². The summed E-state index contributed by atoms with van der Waals surface area (Å²) in [6.45, 7) is 0. The lowest BCUT2D eigenvalue weighted by atomic mass is 10.2. The second-order valence-corrected chi connectivity index (χ2v) is 3.76. The van der Waals surface area contributed by atoms with Crippen molar-refractivity contribution in [3.63, 3.8) is 0 Å². The number of nitrogen functional groups attached to an aromatic ring is 1. The number of carbonyl (C=O) groups excluding carboxylic acids is 1. The Balaban J connectivity index is 2.17. The van der Waals surface area contributed by atoms with Gasteiger partial charge < -0.3 is 10.5 Å². The zero-order chi connectivity index (χ0) is 13.8. The van der Waals surface area contributed by atoms with Crippen molar-refractivity contribution in [2.24, 2.45) is 0 Å². The number of halogens is 1. The molecule has 0 heterocycles. The first-order valence-electron chi connectivity index (χ1n) is 5.37. The van der Waals surface area contributed by atoms with Gasteiger partial charge in [0.2, 0.25) is 0 Å². The SMILES string of the molecule is N#Cc1ccc(OC(=O)c2ccc(N)cc2)cc1F. The highest BCUT2D eigenvalue weighted by Crippen LogP contribution is 2.17. The minimum Gasteiger partial charge on any atom is -0.423 e. The Hall–Kier alpha value is -2.87. The van der Waals surface area contributed by atoms with Crippen LogP contribution < -0.4 is 10.5 Å². The average Bonchev–Trinajstić information content (AvgIpc) is 2.39. The van der Waals surface area contributed by atoms with Crippen LogP contribution in [0.25, 0.3) is 0 Å². The predicted octanol–water partition coefficient (Wildman–Crippen LogP) is 2.50. The molecule has 2 N–H and O–H groups in total. The predicted molar refractivity (Wildman–Crippen MR) is 66.9 cm³/mol. The van der Waals surface area contributed by atoms with Gasteiger partial charge in [0.15, 0.2) is 0 Å². The molecule has 2 aromatic carbocycles. The minimum atomic E-state index is -0.731. The normalized spacial score (nSPS) is 9.68. The van der Waals surface area contributed by atoms with Gasteiger partial charge >= 0.3 is 5.97 Å². The fourth-order valence-corrected chi connectivity index (χ4v) is 1.44. The summed E-state index contributed by atoms with van der Waals surface area (Å²) in [5.74, 6) is -1.31. The third kappa shape index (κ3) is 2.87. The highest BCUT2D eigenvalue weighted by molar-refractivity contribution is 5.91. The van der Waals surface area contributed by atoms with Crippen LogP contribution in [-0.4, -0.2) is 5.97 Å². The van der Waals surface area contributed by atoms with Crippen molar-refractivity contribution in [2.45, 2.75) is 0 Å². The highest BCUT2D eigenvalue weighted by Gasteiger charge is 2.10. The number of hydrogen-bond donors (Lipinski definition) is 1. The fraction of sp³-hybridized carbons (Fsp3) is 0. The molecule has 0 saturated heterocycles. The molecule has 19 heavy (non-hydrogen) atoms. The Labute approximate surface area is 108 Å². The van der Waals surface area contributed by atoms with Gasteiger partial charge in [0.1, 0.15) is 17.6 Å². The number of nitrogens with two attached hydrogens (primary N) is 1. The first-order valence-corrected chi connectivity index (χ1v) is 5.37. The number of ether oxygens (including phenoxy) is 1. The van der Waals surface area contributed by atoms with Crippen LogP contribution in [0.3, 0.4) is 0 Å². The van der Waals surface area contributed by atoms with Crippen LogP contribution in [0.15, 0.2) is 42.5 Å². The molecule has 0 aliphatic rings. The minimum absolute atomic E-state index is 0.0401. The van der Waals surface area contributed by atoms with Crippen LogP contribution in [0.4, 0.5) is 10.1 Å². The van der Waals surface area contributed by atoms with Crippen molar-refractivity contribution in [1.82, 2.24) is 0 Å². The van der Waals surface area contributed by atoms with Gasteiger partial charge in [-0.2, -0.15) is 5.26 Å². The standard InChI is InChI=1S/C14H9FN2O2/c15-13-7-12(6-3-10(13)8-16)19-14(18)9-1-4-11(17)5-2-9/h1-7H,17H2. The number of benzene rings is 2. The number of rotatable bonds is 2. The monoisotopic (exact) mass is 256 g/mol. The maximum Gasteiger partial charge on any atom is 0.343 e. The quantitative estimate of drug-likeness (QED) is 0.509. The maximum absolute atomic E-state index is 13.3. The largest absolute Gasteiger partial charge is 0.423 e. The molecule has 2 rings (SSSR count). The van der Waals surface area contributed by atoms with Crippen molar-refractivity contribution in [3.8, 4) is 11.8 Å². The lowest BCUT2D eigenvalue weighted by Gasteiger charge is -2.05. The molecule has 2 aromatic rings. The maximum atomic E-state index is 13.3. The number of anilines is 1. The molecule has 94 valence electrons. The number of nitriles is 1. The molecule has 0 aliphatic heterocycles. The molecule has 0 radical (unpaired) electrons. The Bertz CT molecular complexity index is 660. The van der Waals surface area contributed by atoms with E-state index in [2.05, 4.69) is 0 Å². The Morgan fingerprint density at radius 2 is 1.89 bits per heavy atom. The van der Waals surface area contributed by atoms with E-state index in [0.29, 0.717) is 11.3 Å². The Morgan fingerprint density at radius 3 is 2.47 bits per heavy atom. The highest BCUT2D eigenvalue weighted by atomic mass is 19.1. The molecule has 0 fully saturated rings. The Morgan fingerprint density at radius 1 is 1.21 bits per heavy atom. The second-order valence-electron chi connectivity index (χ2n) is 3.76. The van der Waals surface area contributed by atoms with E-state index in [9.17, 15) is 9.18 Å². The first kappa shape index (κ1) is 12.6. The van der Waals surface area contributed by atoms with Crippen LogP contribution in [0.5, 0.6) is 5.75 Å². The molecule has 0 saturated carbocycles. The van der Waals surface area contributed by atoms with Crippen LogP contribution in [0.2, 0.25) is 0 Å². The van der Waals surface area contributed by atoms with E-state index in [4.69, 9.17) is 15.7 Å². The zero-order valence-corrected chi connectivity index (χ0v) is 9.76. The summed E-state index contributed by atoms with van der Waals surface area (Å²) < 4.78 is 18.3. The van der Waals surface area contributed by atoms with Crippen LogP contribution in [0.1, 0.15) is 15.9 Å². The van der Waals surface area contributed by atoms with E-state index in [1.807, 2.05) is 0 Å². The summed E-state index contributed by atoms with van der Waals surface area (Å²) in [4.78, 5) is 11.7. The van der Waals surface area contributed by atoms with E-state index >= 15 is 0 Å². The third-order valence-electron chi connectivity index (χ3n) is 2.42. The van der Waals surface area contributed by atoms with Gasteiger partial charge in [-0.1, -0.05) is 0 Å².